The van der Waals surface area contributed by atoms with Gasteiger partial charge in [0.2, 0.25) is 0 Å². The van der Waals surface area contributed by atoms with Crippen LogP contribution in [0.1, 0.15) is 23.7 Å². The monoisotopic (exact) mass is 246 g/mol. The number of carbonyl (C=O) groups is 1. The van der Waals surface area contributed by atoms with Gasteiger partial charge in [0.15, 0.2) is 0 Å². The van der Waals surface area contributed by atoms with Crippen molar-refractivity contribution in [1.82, 2.24) is 4.57 Å². The third-order valence-electron chi connectivity index (χ3n) is 2.89. The van der Waals surface area contributed by atoms with Crippen LogP contribution in [0.4, 0.5) is 0 Å². The minimum atomic E-state index is -0.268. The lowest BCUT2D eigenvalue weighted by atomic mass is 10.1. The summed E-state index contributed by atoms with van der Waals surface area (Å²) in [7, 11) is 0. The van der Waals surface area contributed by atoms with Crippen molar-refractivity contribution < 1.29 is 9.53 Å². The Morgan fingerprint density at radius 1 is 1.39 bits per heavy atom. The van der Waals surface area contributed by atoms with Crippen LogP contribution in [0.2, 0.25) is 0 Å². The number of benzene rings is 1. The van der Waals surface area contributed by atoms with Crippen molar-refractivity contribution in [1.29, 1.82) is 0 Å². The number of para-hydroxylation sites is 1. The molecule has 1 aromatic heterocycles. The highest BCUT2D eigenvalue weighted by atomic mass is 16.5. The Bertz CT molecular complexity index is 546. The maximum atomic E-state index is 11.9. The maximum absolute atomic E-state index is 11.9. The van der Waals surface area contributed by atoms with Crippen LogP contribution in [0.5, 0.6) is 0 Å². The molecule has 0 saturated heterocycles. The molecule has 18 heavy (non-hydrogen) atoms. The van der Waals surface area contributed by atoms with E-state index < -0.39 is 0 Å². The van der Waals surface area contributed by atoms with Crippen LogP contribution in [-0.2, 0) is 11.3 Å². The zero-order valence-electron chi connectivity index (χ0n) is 10.6. The van der Waals surface area contributed by atoms with Crippen molar-refractivity contribution in [2.45, 2.75) is 19.9 Å². The van der Waals surface area contributed by atoms with Crippen LogP contribution in [0.15, 0.2) is 30.5 Å². The number of aromatic nitrogens is 1. The van der Waals surface area contributed by atoms with Crippen molar-refractivity contribution in [3.8, 4) is 0 Å². The van der Waals surface area contributed by atoms with Crippen molar-refractivity contribution >= 4 is 16.9 Å². The fourth-order valence-corrected chi connectivity index (χ4v) is 2.08. The molecular weight excluding hydrogens is 228 g/mol. The molecule has 0 amide bonds. The fraction of sp³-hybridized carbons (Fsp3) is 0.357. The molecule has 0 radical (unpaired) electrons. The molecule has 0 aliphatic heterocycles. The number of hydrogen-bond acceptors (Lipinski definition) is 3. The predicted octanol–water partition coefficient (Wildman–Crippen LogP) is 2.17. The summed E-state index contributed by atoms with van der Waals surface area (Å²) < 4.78 is 7.15. The summed E-state index contributed by atoms with van der Waals surface area (Å²) >= 11 is 0. The Kier molecular flexibility index (Phi) is 3.99. The first-order chi connectivity index (χ1) is 8.77. The summed E-state index contributed by atoms with van der Waals surface area (Å²) in [5.74, 6) is -0.268. The van der Waals surface area contributed by atoms with Gasteiger partial charge in [-0.05, 0) is 32.0 Å². The molecule has 2 N–H and O–H groups in total. The second kappa shape index (κ2) is 5.69. The molecule has 2 rings (SSSR count). The Labute approximate surface area is 106 Å². The minimum absolute atomic E-state index is 0.268. The van der Waals surface area contributed by atoms with E-state index in [1.54, 1.807) is 6.07 Å². The zero-order valence-corrected chi connectivity index (χ0v) is 10.6. The normalized spacial score (nSPS) is 10.8. The van der Waals surface area contributed by atoms with Gasteiger partial charge in [0.1, 0.15) is 0 Å². The summed E-state index contributed by atoms with van der Waals surface area (Å²) in [5.41, 5.74) is 7.09. The molecule has 96 valence electrons. The molecule has 0 saturated carbocycles. The highest BCUT2D eigenvalue weighted by molar-refractivity contribution is 6.03. The molecule has 1 heterocycles. The molecule has 0 aliphatic carbocycles. The van der Waals surface area contributed by atoms with Gasteiger partial charge in [0, 0.05) is 18.1 Å². The highest BCUT2D eigenvalue weighted by Crippen LogP contribution is 2.21. The molecule has 0 spiro atoms. The van der Waals surface area contributed by atoms with E-state index in [0.29, 0.717) is 18.7 Å². The molecule has 4 heteroatoms. The Morgan fingerprint density at radius 2 is 2.22 bits per heavy atom. The third-order valence-corrected chi connectivity index (χ3v) is 2.89. The summed E-state index contributed by atoms with van der Waals surface area (Å²) in [4.78, 5) is 11.9. The van der Waals surface area contributed by atoms with E-state index in [9.17, 15) is 4.79 Å². The highest BCUT2D eigenvalue weighted by Gasteiger charge is 2.13. The number of carbonyl (C=O) groups excluding carboxylic acids is 1. The van der Waals surface area contributed by atoms with Crippen LogP contribution in [0.3, 0.4) is 0 Å². The Morgan fingerprint density at radius 3 is 2.94 bits per heavy atom. The van der Waals surface area contributed by atoms with Crippen molar-refractivity contribution in [3.05, 3.63) is 36.0 Å². The lowest BCUT2D eigenvalue weighted by Crippen LogP contribution is -2.09. The van der Waals surface area contributed by atoms with Crippen molar-refractivity contribution in [2.75, 3.05) is 13.2 Å². The smallest absolute Gasteiger partial charge is 0.340 e. The summed E-state index contributed by atoms with van der Waals surface area (Å²) in [6, 6.07) is 7.69. The first-order valence-corrected chi connectivity index (χ1v) is 6.23. The molecule has 4 nitrogen and oxygen atoms in total. The number of fused-ring (bicyclic) bond motifs is 1. The van der Waals surface area contributed by atoms with Gasteiger partial charge in [0.25, 0.3) is 0 Å². The predicted molar refractivity (Wildman–Crippen MR) is 71.6 cm³/mol. The largest absolute Gasteiger partial charge is 0.462 e. The van der Waals surface area contributed by atoms with E-state index in [4.69, 9.17) is 10.5 Å². The van der Waals surface area contributed by atoms with Crippen molar-refractivity contribution in [2.24, 2.45) is 5.73 Å². The molecular formula is C14H18N2O2. The molecule has 0 fully saturated rings. The van der Waals surface area contributed by atoms with E-state index in [1.807, 2.05) is 31.3 Å². The molecule has 1 aromatic carbocycles. The maximum Gasteiger partial charge on any atom is 0.340 e. The van der Waals surface area contributed by atoms with E-state index >= 15 is 0 Å². The van der Waals surface area contributed by atoms with E-state index in [0.717, 1.165) is 23.9 Å². The van der Waals surface area contributed by atoms with Crippen LogP contribution >= 0.6 is 0 Å². The number of nitrogens with zero attached hydrogens (tertiary/aromatic N) is 1. The van der Waals surface area contributed by atoms with Crippen LogP contribution in [-0.4, -0.2) is 23.7 Å². The van der Waals surface area contributed by atoms with E-state index in [2.05, 4.69) is 4.57 Å². The van der Waals surface area contributed by atoms with Gasteiger partial charge in [-0.25, -0.2) is 4.79 Å². The topological polar surface area (TPSA) is 57.2 Å². The second-order valence-corrected chi connectivity index (χ2v) is 4.12. The molecule has 0 unspecified atom stereocenters. The number of nitrogens with two attached hydrogens (primary N) is 1. The second-order valence-electron chi connectivity index (χ2n) is 4.12. The fourth-order valence-electron chi connectivity index (χ4n) is 2.08. The quantitative estimate of drug-likeness (QED) is 0.822. The van der Waals surface area contributed by atoms with Gasteiger partial charge >= 0.3 is 5.97 Å². The van der Waals surface area contributed by atoms with E-state index in [-0.39, 0.29) is 5.97 Å². The molecule has 0 bridgehead atoms. The number of aryl methyl sites for hydroxylation is 1. The summed E-state index contributed by atoms with van der Waals surface area (Å²) in [6.45, 7) is 3.65. The van der Waals surface area contributed by atoms with Gasteiger partial charge in [-0.15, -0.1) is 0 Å². The van der Waals surface area contributed by atoms with Gasteiger partial charge < -0.3 is 15.0 Å². The average Bonchev–Trinajstić information content (AvgIpc) is 2.79. The number of hydrogen-bond donors (Lipinski definition) is 1. The summed E-state index contributed by atoms with van der Waals surface area (Å²) in [6.07, 6.45) is 2.88. The first kappa shape index (κ1) is 12.6. The van der Waals surface area contributed by atoms with Crippen LogP contribution in [0, 0.1) is 0 Å². The Hall–Kier alpha value is -1.81. The lowest BCUT2D eigenvalue weighted by molar-refractivity contribution is 0.0528. The number of esters is 1. The van der Waals surface area contributed by atoms with Gasteiger partial charge in [-0.3, -0.25) is 0 Å². The zero-order chi connectivity index (χ0) is 13.0. The van der Waals surface area contributed by atoms with Gasteiger partial charge in [-0.1, -0.05) is 12.1 Å². The third kappa shape index (κ3) is 2.38. The van der Waals surface area contributed by atoms with Gasteiger partial charge in [0.05, 0.1) is 17.7 Å². The molecule has 2 aromatic rings. The Balaban J connectivity index is 2.45. The van der Waals surface area contributed by atoms with Crippen LogP contribution < -0.4 is 5.73 Å². The number of ether oxygens (including phenoxy) is 1. The lowest BCUT2D eigenvalue weighted by Gasteiger charge is -2.08. The SMILES string of the molecule is CCOC(=O)c1cccc2ccn(CCCN)c12. The van der Waals surface area contributed by atoms with Crippen LogP contribution in [0.25, 0.3) is 10.9 Å². The van der Waals surface area contributed by atoms with Crippen molar-refractivity contribution in [3.63, 3.8) is 0 Å². The number of rotatable bonds is 5. The standard InChI is InChI=1S/C14H18N2O2/c1-2-18-14(17)12-6-3-5-11-7-10-16(13(11)12)9-4-8-15/h3,5-7,10H,2,4,8-9,15H2,1H3. The van der Waals surface area contributed by atoms with E-state index in [1.165, 1.54) is 0 Å². The average molecular weight is 246 g/mol. The first-order valence-electron chi connectivity index (χ1n) is 6.23. The molecule has 0 aliphatic rings. The summed E-state index contributed by atoms with van der Waals surface area (Å²) in [5, 5.41) is 1.05. The minimum Gasteiger partial charge on any atom is -0.462 e. The molecule has 0 atom stereocenters. The van der Waals surface area contributed by atoms with Gasteiger partial charge in [-0.2, -0.15) is 0 Å².